The van der Waals surface area contributed by atoms with Crippen LogP contribution in [0.3, 0.4) is 0 Å². The van der Waals surface area contributed by atoms with E-state index in [2.05, 4.69) is 32.0 Å². The third-order valence-corrected chi connectivity index (χ3v) is 4.55. The molecule has 2 N–H and O–H groups in total. The lowest BCUT2D eigenvalue weighted by Crippen LogP contribution is -2.07. The molecule has 0 radical (unpaired) electrons. The van der Waals surface area contributed by atoms with Crippen molar-refractivity contribution in [3.8, 4) is 0 Å². The van der Waals surface area contributed by atoms with Crippen LogP contribution in [0.5, 0.6) is 0 Å². The molecule has 0 saturated carbocycles. The van der Waals surface area contributed by atoms with Crippen molar-refractivity contribution < 1.29 is 4.39 Å². The summed E-state index contributed by atoms with van der Waals surface area (Å²) in [5.74, 6) is -0.193. The molecule has 0 aliphatic carbocycles. The highest BCUT2D eigenvalue weighted by atomic mass is 32.2. The highest BCUT2D eigenvalue weighted by molar-refractivity contribution is 7.99. The van der Waals surface area contributed by atoms with E-state index < -0.39 is 0 Å². The van der Waals surface area contributed by atoms with E-state index in [1.54, 1.807) is 24.8 Å². The smallest absolute Gasteiger partial charge is 0.126 e. The first-order chi connectivity index (χ1) is 9.38. The predicted molar refractivity (Wildman–Crippen MR) is 83.8 cm³/mol. The van der Waals surface area contributed by atoms with Crippen molar-refractivity contribution in [2.24, 2.45) is 5.73 Å². The Morgan fingerprint density at radius 2 is 1.70 bits per heavy atom. The maximum absolute atomic E-state index is 13.7. The van der Waals surface area contributed by atoms with Crippen LogP contribution < -0.4 is 5.73 Å². The minimum atomic E-state index is -0.193. The molecule has 2 aromatic rings. The second-order valence-electron chi connectivity index (χ2n) is 5.28. The Morgan fingerprint density at radius 3 is 2.30 bits per heavy atom. The Kier molecular flexibility index (Phi) is 4.51. The number of benzene rings is 2. The molecule has 1 nitrogen and oxygen atoms in total. The molecule has 0 bridgehead atoms. The van der Waals surface area contributed by atoms with Crippen LogP contribution >= 0.6 is 11.8 Å². The van der Waals surface area contributed by atoms with Crippen molar-refractivity contribution in [3.05, 3.63) is 58.4 Å². The van der Waals surface area contributed by atoms with Crippen LogP contribution in [0.4, 0.5) is 4.39 Å². The van der Waals surface area contributed by atoms with Crippen LogP contribution in [-0.2, 0) is 0 Å². The van der Waals surface area contributed by atoms with Gasteiger partial charge in [0.2, 0.25) is 0 Å². The first-order valence-corrected chi connectivity index (χ1v) is 7.51. The molecule has 0 unspecified atom stereocenters. The van der Waals surface area contributed by atoms with Crippen LogP contribution in [0.1, 0.15) is 35.2 Å². The van der Waals surface area contributed by atoms with Gasteiger partial charge in [-0.3, -0.25) is 0 Å². The minimum Gasteiger partial charge on any atom is -0.324 e. The van der Waals surface area contributed by atoms with Gasteiger partial charge in [0.15, 0.2) is 0 Å². The van der Waals surface area contributed by atoms with E-state index in [0.717, 1.165) is 15.4 Å². The average Bonchev–Trinajstić information content (AvgIpc) is 2.37. The molecule has 0 spiro atoms. The molecule has 2 rings (SSSR count). The van der Waals surface area contributed by atoms with Crippen molar-refractivity contribution in [2.75, 3.05) is 0 Å². The van der Waals surface area contributed by atoms with Crippen LogP contribution in [0.2, 0.25) is 0 Å². The number of nitrogens with two attached hydrogens (primary N) is 1. The molecular formula is C17H20FNS. The van der Waals surface area contributed by atoms with E-state index in [-0.39, 0.29) is 11.9 Å². The molecule has 0 aromatic heterocycles. The van der Waals surface area contributed by atoms with E-state index in [1.165, 1.54) is 11.1 Å². The Bertz CT molecular complexity index is 635. The van der Waals surface area contributed by atoms with Gasteiger partial charge in [0.05, 0.1) is 0 Å². The zero-order chi connectivity index (χ0) is 14.9. The van der Waals surface area contributed by atoms with Crippen molar-refractivity contribution in [1.82, 2.24) is 0 Å². The van der Waals surface area contributed by atoms with Crippen molar-refractivity contribution in [2.45, 2.75) is 43.5 Å². The zero-order valence-corrected chi connectivity index (χ0v) is 13.1. The number of hydrogen-bond donors (Lipinski definition) is 1. The summed E-state index contributed by atoms with van der Waals surface area (Å²) in [6, 6.07) is 9.62. The van der Waals surface area contributed by atoms with Crippen LogP contribution in [0.25, 0.3) is 0 Å². The molecule has 106 valence electrons. The van der Waals surface area contributed by atoms with Crippen LogP contribution in [0, 0.1) is 26.6 Å². The molecule has 20 heavy (non-hydrogen) atoms. The third-order valence-electron chi connectivity index (χ3n) is 3.49. The highest BCUT2D eigenvalue weighted by Gasteiger charge is 2.12. The molecule has 2 aromatic carbocycles. The largest absolute Gasteiger partial charge is 0.324 e. The fourth-order valence-electron chi connectivity index (χ4n) is 2.02. The van der Waals surface area contributed by atoms with Crippen molar-refractivity contribution >= 4 is 11.8 Å². The van der Waals surface area contributed by atoms with Gasteiger partial charge >= 0.3 is 0 Å². The molecule has 0 amide bonds. The van der Waals surface area contributed by atoms with Gasteiger partial charge in [-0.15, -0.1) is 0 Å². The fraction of sp³-hybridized carbons (Fsp3) is 0.294. The Morgan fingerprint density at radius 1 is 1.00 bits per heavy atom. The SMILES string of the molecule is Cc1ccc(Sc2cc(C)c(F)cc2[C@H](C)N)cc1C. The quantitative estimate of drug-likeness (QED) is 0.867. The number of aryl methyl sites for hydroxylation is 3. The molecule has 0 aliphatic heterocycles. The van der Waals surface area contributed by atoms with E-state index in [4.69, 9.17) is 5.73 Å². The predicted octanol–water partition coefficient (Wildman–Crippen LogP) is 4.92. The summed E-state index contributed by atoms with van der Waals surface area (Å²) in [5, 5.41) is 0. The summed E-state index contributed by atoms with van der Waals surface area (Å²) in [6.45, 7) is 7.86. The molecule has 0 aliphatic rings. The number of hydrogen-bond acceptors (Lipinski definition) is 2. The van der Waals surface area contributed by atoms with Gasteiger partial charge in [-0.25, -0.2) is 4.39 Å². The summed E-state index contributed by atoms with van der Waals surface area (Å²) in [7, 11) is 0. The standard InChI is InChI=1S/C17H20FNS/c1-10-5-6-14(7-11(10)2)20-17-8-12(3)16(18)9-15(17)13(4)19/h5-9,13H,19H2,1-4H3/t13-/m0/s1. The molecule has 1 atom stereocenters. The van der Waals surface area contributed by atoms with Crippen molar-refractivity contribution in [3.63, 3.8) is 0 Å². The number of rotatable bonds is 3. The lowest BCUT2D eigenvalue weighted by molar-refractivity contribution is 0.610. The molecule has 0 saturated heterocycles. The minimum absolute atomic E-state index is 0.181. The van der Waals surface area contributed by atoms with Crippen LogP contribution in [-0.4, -0.2) is 0 Å². The Labute approximate surface area is 124 Å². The normalized spacial score (nSPS) is 12.5. The first-order valence-electron chi connectivity index (χ1n) is 6.69. The average molecular weight is 289 g/mol. The molecule has 3 heteroatoms. The second-order valence-corrected chi connectivity index (χ2v) is 6.39. The van der Waals surface area contributed by atoms with Gasteiger partial charge in [-0.1, -0.05) is 17.8 Å². The summed E-state index contributed by atoms with van der Waals surface area (Å²) >= 11 is 1.64. The summed E-state index contributed by atoms with van der Waals surface area (Å²) < 4.78 is 13.7. The summed E-state index contributed by atoms with van der Waals surface area (Å²) in [6.07, 6.45) is 0. The van der Waals surface area contributed by atoms with E-state index >= 15 is 0 Å². The van der Waals surface area contributed by atoms with E-state index in [9.17, 15) is 4.39 Å². The first kappa shape index (κ1) is 15.1. The van der Waals surface area contributed by atoms with Gasteiger partial charge < -0.3 is 5.73 Å². The van der Waals surface area contributed by atoms with Gasteiger partial charge in [-0.2, -0.15) is 0 Å². The van der Waals surface area contributed by atoms with E-state index in [0.29, 0.717) is 5.56 Å². The summed E-state index contributed by atoms with van der Waals surface area (Å²) in [5.41, 5.74) is 10.0. The monoisotopic (exact) mass is 289 g/mol. The maximum atomic E-state index is 13.7. The Hall–Kier alpha value is -1.32. The number of halogens is 1. The third kappa shape index (κ3) is 3.22. The molecule has 0 fully saturated rings. The fourth-order valence-corrected chi connectivity index (χ4v) is 3.24. The second kappa shape index (κ2) is 5.98. The van der Waals surface area contributed by atoms with Crippen LogP contribution in [0.15, 0.2) is 40.1 Å². The highest BCUT2D eigenvalue weighted by Crippen LogP contribution is 2.35. The van der Waals surface area contributed by atoms with Crippen molar-refractivity contribution in [1.29, 1.82) is 0 Å². The van der Waals surface area contributed by atoms with Gasteiger partial charge in [0.25, 0.3) is 0 Å². The maximum Gasteiger partial charge on any atom is 0.126 e. The van der Waals surface area contributed by atoms with Gasteiger partial charge in [0.1, 0.15) is 5.82 Å². The van der Waals surface area contributed by atoms with Gasteiger partial charge in [0, 0.05) is 15.8 Å². The lowest BCUT2D eigenvalue weighted by atomic mass is 10.1. The summed E-state index contributed by atoms with van der Waals surface area (Å²) in [4.78, 5) is 2.18. The molecule has 0 heterocycles. The Balaban J connectivity index is 2.41. The molecular weight excluding hydrogens is 269 g/mol. The zero-order valence-electron chi connectivity index (χ0n) is 12.3. The topological polar surface area (TPSA) is 26.0 Å². The van der Waals surface area contributed by atoms with Gasteiger partial charge in [-0.05, 0) is 74.2 Å². The van der Waals surface area contributed by atoms with E-state index in [1.807, 2.05) is 13.0 Å². The lowest BCUT2D eigenvalue weighted by Gasteiger charge is -2.14.